The van der Waals surface area contributed by atoms with Crippen LogP contribution in [-0.2, 0) is 19.1 Å². The van der Waals surface area contributed by atoms with E-state index in [0.717, 1.165) is 31.2 Å². The summed E-state index contributed by atoms with van der Waals surface area (Å²) in [5.74, 6) is 0.252. The molecule has 2 aliphatic carbocycles. The Kier molecular flexibility index (Phi) is 7.82. The molecule has 4 atom stereocenters. The van der Waals surface area contributed by atoms with Crippen LogP contribution in [0.5, 0.6) is 0 Å². The summed E-state index contributed by atoms with van der Waals surface area (Å²) in [6, 6.07) is 20.4. The number of hydrogen-bond acceptors (Lipinski definition) is 5. The van der Waals surface area contributed by atoms with E-state index in [9.17, 15) is 14.4 Å². The lowest BCUT2D eigenvalue weighted by Crippen LogP contribution is -2.46. The maximum absolute atomic E-state index is 13.2. The van der Waals surface area contributed by atoms with Gasteiger partial charge in [-0.3, -0.25) is 14.4 Å². The number of likely N-dealkylation sites (tertiary alicyclic amines) is 2. The van der Waals surface area contributed by atoms with Gasteiger partial charge < -0.3 is 20.3 Å². The van der Waals surface area contributed by atoms with Crippen LogP contribution in [0.25, 0.3) is 0 Å². The van der Waals surface area contributed by atoms with E-state index in [-0.39, 0.29) is 51.7 Å². The molecule has 6 rings (SSSR count). The number of nitrogens with two attached hydrogens (primary N) is 1. The van der Waals surface area contributed by atoms with Crippen molar-refractivity contribution in [3.8, 4) is 0 Å². The molecule has 7 heteroatoms. The summed E-state index contributed by atoms with van der Waals surface area (Å²) < 4.78 is 5.53. The van der Waals surface area contributed by atoms with E-state index in [2.05, 4.69) is 45.0 Å². The van der Waals surface area contributed by atoms with Crippen LogP contribution in [0.15, 0.2) is 60.7 Å². The molecule has 2 aromatic rings. The number of benzene rings is 2. The summed E-state index contributed by atoms with van der Waals surface area (Å²) in [5.41, 5.74) is 6.83. The van der Waals surface area contributed by atoms with Crippen LogP contribution in [-0.4, -0.2) is 51.8 Å². The van der Waals surface area contributed by atoms with E-state index >= 15 is 0 Å². The van der Waals surface area contributed by atoms with Crippen LogP contribution in [0.2, 0.25) is 0 Å². The van der Waals surface area contributed by atoms with Gasteiger partial charge in [0.25, 0.3) is 0 Å². The van der Waals surface area contributed by atoms with Crippen molar-refractivity contribution in [2.75, 3.05) is 13.1 Å². The standard InChI is InChI=1S/C21H29NO3.C15H20N2O/c1-15(16-9-7-6-8-10-16)22-14-20(5,21(11-12-21)18(22)24)13-17(23)25-19(2,3)4;1-11(12-6-4-3-5-7-12)17-10-14(2,16)15(8-9-15)13(17)18/h6-10,15H,11-14H2,1-5H3;3-7,11H,8-10,16H2,1-2H3/t15-,20-;11-,14-/m11/s1. The van der Waals surface area contributed by atoms with Gasteiger partial charge in [0.05, 0.1) is 29.3 Å². The molecule has 2 aromatic carbocycles. The van der Waals surface area contributed by atoms with Crippen molar-refractivity contribution in [2.45, 2.75) is 104 Å². The van der Waals surface area contributed by atoms with E-state index in [1.165, 1.54) is 5.56 Å². The van der Waals surface area contributed by atoms with E-state index in [4.69, 9.17) is 10.5 Å². The first-order chi connectivity index (χ1) is 20.1. The topological polar surface area (TPSA) is 92.9 Å². The molecule has 0 unspecified atom stereocenters. The molecular weight excluding hydrogens is 538 g/mol. The van der Waals surface area contributed by atoms with Gasteiger partial charge in [-0.25, -0.2) is 0 Å². The lowest BCUT2D eigenvalue weighted by molar-refractivity contribution is -0.158. The number of rotatable bonds is 6. The maximum Gasteiger partial charge on any atom is 0.306 e. The Morgan fingerprint density at radius 2 is 1.21 bits per heavy atom. The molecule has 2 saturated heterocycles. The maximum atomic E-state index is 13.2. The normalized spacial score (nSPS) is 28.0. The Balaban J connectivity index is 0.000000180. The average Bonchev–Trinajstić information content (AvgIpc) is 3.86. The second kappa shape index (κ2) is 10.8. The average molecular weight is 588 g/mol. The Morgan fingerprint density at radius 3 is 1.60 bits per heavy atom. The fraction of sp³-hybridized carbons (Fsp3) is 0.583. The fourth-order valence-electron chi connectivity index (χ4n) is 7.45. The summed E-state index contributed by atoms with van der Waals surface area (Å²) in [5, 5.41) is 0. The molecule has 2 aliphatic heterocycles. The van der Waals surface area contributed by atoms with Gasteiger partial charge in [0.1, 0.15) is 5.60 Å². The van der Waals surface area contributed by atoms with Crippen molar-refractivity contribution < 1.29 is 19.1 Å². The van der Waals surface area contributed by atoms with E-state index < -0.39 is 5.60 Å². The number of carbonyl (C=O) groups excluding carboxylic acids is 3. The Hall–Kier alpha value is -3.19. The summed E-state index contributed by atoms with van der Waals surface area (Å²) in [6.45, 7) is 15.2. The first kappa shape index (κ1) is 31.2. The van der Waals surface area contributed by atoms with Gasteiger partial charge in [0, 0.05) is 24.0 Å². The molecule has 2 saturated carbocycles. The molecule has 2 amide bonds. The molecule has 0 aromatic heterocycles. The SMILES string of the molecule is C[C@H](c1ccccc1)N1C[C@@](C)(CC(=O)OC(C)(C)C)C2(CC2)C1=O.C[C@H](c1ccccc1)N1C[C@@](C)(N)C2(CC2)C1=O. The fourth-order valence-corrected chi connectivity index (χ4v) is 7.45. The molecule has 232 valence electrons. The monoisotopic (exact) mass is 587 g/mol. The molecule has 4 fully saturated rings. The van der Waals surface area contributed by atoms with Crippen molar-refractivity contribution in [2.24, 2.45) is 22.0 Å². The van der Waals surface area contributed by atoms with Gasteiger partial charge in [-0.1, -0.05) is 67.6 Å². The zero-order chi connectivity index (χ0) is 31.4. The van der Waals surface area contributed by atoms with Gasteiger partial charge >= 0.3 is 5.97 Å². The molecule has 2 spiro atoms. The number of nitrogens with zero attached hydrogens (tertiary/aromatic N) is 2. The Bertz CT molecular complexity index is 1360. The summed E-state index contributed by atoms with van der Waals surface area (Å²) in [7, 11) is 0. The largest absolute Gasteiger partial charge is 0.460 e. The highest BCUT2D eigenvalue weighted by Crippen LogP contribution is 2.66. The predicted molar refractivity (Wildman–Crippen MR) is 168 cm³/mol. The van der Waals surface area contributed by atoms with Crippen LogP contribution in [0.1, 0.15) is 104 Å². The Labute approximate surface area is 257 Å². The minimum absolute atomic E-state index is 0.0200. The second-order valence-corrected chi connectivity index (χ2v) is 14.9. The van der Waals surface area contributed by atoms with E-state index in [1.54, 1.807) is 0 Å². The predicted octanol–water partition coefficient (Wildman–Crippen LogP) is 6.20. The highest BCUT2D eigenvalue weighted by Gasteiger charge is 2.69. The zero-order valence-electron chi connectivity index (χ0n) is 27.0. The first-order valence-corrected chi connectivity index (χ1v) is 15.8. The number of hydrogen-bond donors (Lipinski definition) is 1. The van der Waals surface area contributed by atoms with Crippen molar-refractivity contribution in [1.29, 1.82) is 0 Å². The molecule has 2 heterocycles. The lowest BCUT2D eigenvalue weighted by Gasteiger charge is -2.30. The van der Waals surface area contributed by atoms with Crippen molar-refractivity contribution in [3.05, 3.63) is 71.8 Å². The molecule has 4 aliphatic rings. The number of amides is 2. The van der Waals surface area contributed by atoms with Crippen LogP contribution >= 0.6 is 0 Å². The third kappa shape index (κ3) is 5.61. The van der Waals surface area contributed by atoms with Gasteiger partial charge in [0.15, 0.2) is 0 Å². The van der Waals surface area contributed by atoms with Crippen molar-refractivity contribution in [3.63, 3.8) is 0 Å². The van der Waals surface area contributed by atoms with Gasteiger partial charge in [0.2, 0.25) is 11.8 Å². The quantitative estimate of drug-likeness (QED) is 0.407. The number of carbonyl (C=O) groups is 3. The van der Waals surface area contributed by atoms with Crippen LogP contribution in [0, 0.1) is 16.2 Å². The smallest absolute Gasteiger partial charge is 0.306 e. The number of esters is 1. The minimum Gasteiger partial charge on any atom is -0.460 e. The van der Waals surface area contributed by atoms with Gasteiger partial charge in [-0.15, -0.1) is 0 Å². The molecular formula is C36H49N3O4. The molecule has 43 heavy (non-hydrogen) atoms. The highest BCUT2D eigenvalue weighted by atomic mass is 16.6. The van der Waals surface area contributed by atoms with Crippen molar-refractivity contribution in [1.82, 2.24) is 9.80 Å². The summed E-state index contributed by atoms with van der Waals surface area (Å²) in [6.07, 6.45) is 3.97. The summed E-state index contributed by atoms with van der Waals surface area (Å²) in [4.78, 5) is 42.1. The van der Waals surface area contributed by atoms with E-state index in [0.29, 0.717) is 19.5 Å². The van der Waals surface area contributed by atoms with Gasteiger partial charge in [-0.05, 0) is 78.4 Å². The minimum atomic E-state index is -0.496. The van der Waals surface area contributed by atoms with E-state index in [1.807, 2.05) is 73.9 Å². The molecule has 2 N–H and O–H groups in total. The summed E-state index contributed by atoms with van der Waals surface area (Å²) >= 11 is 0. The van der Waals surface area contributed by atoms with Crippen LogP contribution in [0.4, 0.5) is 0 Å². The van der Waals surface area contributed by atoms with Gasteiger partial charge in [-0.2, -0.15) is 0 Å². The van der Waals surface area contributed by atoms with Crippen LogP contribution in [0.3, 0.4) is 0 Å². The number of ether oxygens (including phenoxy) is 1. The zero-order valence-corrected chi connectivity index (χ0v) is 27.0. The lowest BCUT2D eigenvalue weighted by atomic mass is 9.74. The Morgan fingerprint density at radius 1 is 0.791 bits per heavy atom. The van der Waals surface area contributed by atoms with Crippen LogP contribution < -0.4 is 5.73 Å². The highest BCUT2D eigenvalue weighted by molar-refractivity contribution is 5.91. The molecule has 0 radical (unpaired) electrons. The molecule has 7 nitrogen and oxygen atoms in total. The second-order valence-electron chi connectivity index (χ2n) is 14.9. The first-order valence-electron chi connectivity index (χ1n) is 15.8. The third-order valence-electron chi connectivity index (χ3n) is 10.6. The molecule has 0 bridgehead atoms. The van der Waals surface area contributed by atoms with Crippen molar-refractivity contribution >= 4 is 17.8 Å². The third-order valence-corrected chi connectivity index (χ3v) is 10.6.